The van der Waals surface area contributed by atoms with E-state index in [2.05, 4.69) is 4.98 Å². The van der Waals surface area contributed by atoms with Crippen LogP contribution in [-0.2, 0) is 14.2 Å². The summed E-state index contributed by atoms with van der Waals surface area (Å²) in [5.74, 6) is -1.29. The average Bonchev–Trinajstić information content (AvgIpc) is 3.11. The Labute approximate surface area is 174 Å². The SMILES string of the molecule is CN(CCC(=O)c1cn([C@@H]2O[C@H](CO)C3OC(C)(C)OC32)c(=O)[nH]c1=O)C(C)(C)C. The van der Waals surface area contributed by atoms with Crippen LogP contribution in [0, 0.1) is 0 Å². The summed E-state index contributed by atoms with van der Waals surface area (Å²) in [5, 5.41) is 9.63. The van der Waals surface area contributed by atoms with Crippen LogP contribution in [0.25, 0.3) is 0 Å². The van der Waals surface area contributed by atoms with Crippen LogP contribution in [0.5, 0.6) is 0 Å². The fourth-order valence-electron chi connectivity index (χ4n) is 3.64. The first-order valence-electron chi connectivity index (χ1n) is 10.1. The molecule has 3 rings (SSSR count). The van der Waals surface area contributed by atoms with E-state index in [-0.39, 0.29) is 29.9 Å². The zero-order valence-corrected chi connectivity index (χ0v) is 18.3. The van der Waals surface area contributed by atoms with E-state index in [9.17, 15) is 19.5 Å². The van der Waals surface area contributed by atoms with Crippen molar-refractivity contribution < 1.29 is 24.1 Å². The van der Waals surface area contributed by atoms with Gasteiger partial charge in [-0.1, -0.05) is 0 Å². The number of rotatable bonds is 6. The second-order valence-corrected chi connectivity index (χ2v) is 9.29. The maximum atomic E-state index is 12.7. The molecule has 168 valence electrons. The molecule has 0 amide bonds. The molecular formula is C20H31N3O7. The molecule has 0 bridgehead atoms. The first kappa shape index (κ1) is 22.8. The van der Waals surface area contributed by atoms with Crippen molar-refractivity contribution >= 4 is 5.78 Å². The van der Waals surface area contributed by atoms with Gasteiger partial charge in [0.05, 0.1) is 12.2 Å². The number of carbonyl (C=O) groups excluding carboxylic acids is 1. The highest BCUT2D eigenvalue weighted by Crippen LogP contribution is 2.42. The molecule has 30 heavy (non-hydrogen) atoms. The molecule has 1 aromatic rings. The summed E-state index contributed by atoms with van der Waals surface area (Å²) in [6.45, 7) is 9.69. The number of ether oxygens (including phenoxy) is 3. The van der Waals surface area contributed by atoms with E-state index in [1.165, 1.54) is 6.20 Å². The third-order valence-electron chi connectivity index (χ3n) is 5.67. The molecule has 0 radical (unpaired) electrons. The number of aliphatic hydroxyl groups excluding tert-OH is 1. The Bertz CT molecular complexity index is 914. The Morgan fingerprint density at radius 3 is 2.50 bits per heavy atom. The van der Waals surface area contributed by atoms with Crippen molar-refractivity contribution in [3.63, 3.8) is 0 Å². The monoisotopic (exact) mass is 425 g/mol. The number of ketones is 1. The van der Waals surface area contributed by atoms with Crippen LogP contribution in [0.2, 0.25) is 0 Å². The van der Waals surface area contributed by atoms with Crippen molar-refractivity contribution in [2.24, 2.45) is 0 Å². The number of aliphatic hydroxyl groups is 1. The molecule has 4 atom stereocenters. The Kier molecular flexibility index (Phi) is 6.09. The van der Waals surface area contributed by atoms with E-state index in [0.717, 1.165) is 4.57 Å². The first-order valence-corrected chi connectivity index (χ1v) is 10.1. The normalized spacial score (nSPS) is 28.1. The van der Waals surface area contributed by atoms with Gasteiger partial charge in [-0.25, -0.2) is 4.79 Å². The van der Waals surface area contributed by atoms with Crippen molar-refractivity contribution in [2.45, 2.75) is 76.9 Å². The summed E-state index contributed by atoms with van der Waals surface area (Å²) in [7, 11) is 1.90. The highest BCUT2D eigenvalue weighted by molar-refractivity contribution is 5.95. The molecule has 10 nitrogen and oxygen atoms in total. The van der Waals surface area contributed by atoms with Crippen LogP contribution in [0.3, 0.4) is 0 Å². The third kappa shape index (κ3) is 4.42. The Morgan fingerprint density at radius 2 is 1.90 bits per heavy atom. The molecule has 2 aliphatic rings. The number of aromatic amines is 1. The van der Waals surface area contributed by atoms with Gasteiger partial charge in [0.15, 0.2) is 17.8 Å². The summed E-state index contributed by atoms with van der Waals surface area (Å²) in [4.78, 5) is 41.7. The van der Waals surface area contributed by atoms with Gasteiger partial charge < -0.3 is 24.2 Å². The maximum Gasteiger partial charge on any atom is 0.330 e. The van der Waals surface area contributed by atoms with E-state index in [0.29, 0.717) is 6.54 Å². The van der Waals surface area contributed by atoms with Gasteiger partial charge in [0.25, 0.3) is 5.56 Å². The number of fused-ring (bicyclic) bond motifs is 1. The average molecular weight is 425 g/mol. The Morgan fingerprint density at radius 1 is 1.27 bits per heavy atom. The standard InChI is InChI=1S/C20H31N3O7/c1-19(2,3)22(6)8-7-12(25)11-9-23(18(27)21-16(11)26)17-15-14(13(10-24)28-17)29-20(4,5)30-15/h9,13-15,17,24H,7-8,10H2,1-6H3,(H,21,26,27)/t13-,14?,15?,17-/m1/s1. The minimum atomic E-state index is -0.943. The van der Waals surface area contributed by atoms with Crippen LogP contribution in [0.1, 0.15) is 57.6 Å². The summed E-state index contributed by atoms with van der Waals surface area (Å²) >= 11 is 0. The number of hydrogen-bond donors (Lipinski definition) is 2. The minimum absolute atomic E-state index is 0.121. The number of nitrogens with zero attached hydrogens (tertiary/aromatic N) is 2. The van der Waals surface area contributed by atoms with Crippen LogP contribution in [-0.4, -0.2) is 75.2 Å². The molecular weight excluding hydrogens is 394 g/mol. The van der Waals surface area contributed by atoms with E-state index < -0.39 is 41.6 Å². The van der Waals surface area contributed by atoms with Crippen molar-refractivity contribution in [2.75, 3.05) is 20.2 Å². The molecule has 0 aliphatic carbocycles. The van der Waals surface area contributed by atoms with Crippen LogP contribution in [0.4, 0.5) is 0 Å². The molecule has 2 saturated heterocycles. The van der Waals surface area contributed by atoms with Crippen molar-refractivity contribution in [3.05, 3.63) is 32.6 Å². The zero-order valence-electron chi connectivity index (χ0n) is 18.3. The highest BCUT2D eigenvalue weighted by atomic mass is 16.8. The lowest BCUT2D eigenvalue weighted by molar-refractivity contribution is -0.200. The molecule has 0 spiro atoms. The molecule has 2 N–H and O–H groups in total. The number of carbonyl (C=O) groups is 1. The number of nitrogens with one attached hydrogen (secondary N) is 1. The number of Topliss-reactive ketones (excluding diaryl/α,β-unsaturated/α-hetero) is 1. The summed E-state index contributed by atoms with van der Waals surface area (Å²) in [5.41, 5.74) is -1.71. The van der Waals surface area contributed by atoms with E-state index in [1.54, 1.807) is 13.8 Å². The third-order valence-corrected chi connectivity index (χ3v) is 5.67. The predicted molar refractivity (Wildman–Crippen MR) is 107 cm³/mol. The van der Waals surface area contributed by atoms with Crippen molar-refractivity contribution in [1.29, 1.82) is 0 Å². The van der Waals surface area contributed by atoms with Crippen LogP contribution in [0.15, 0.2) is 15.8 Å². The second-order valence-electron chi connectivity index (χ2n) is 9.29. The molecule has 10 heteroatoms. The second kappa shape index (κ2) is 8.01. The molecule has 1 aromatic heterocycles. The summed E-state index contributed by atoms with van der Waals surface area (Å²) in [6.07, 6.45) is -1.54. The summed E-state index contributed by atoms with van der Waals surface area (Å²) < 4.78 is 18.6. The van der Waals surface area contributed by atoms with Gasteiger partial charge in [-0.2, -0.15) is 0 Å². The van der Waals surface area contributed by atoms with Gasteiger partial charge in [-0.15, -0.1) is 0 Å². The van der Waals surface area contributed by atoms with Crippen LogP contribution < -0.4 is 11.2 Å². The Balaban J connectivity index is 1.88. The highest BCUT2D eigenvalue weighted by Gasteiger charge is 2.56. The fraction of sp³-hybridized carbons (Fsp3) is 0.750. The summed E-state index contributed by atoms with van der Waals surface area (Å²) in [6, 6.07) is 0. The van der Waals surface area contributed by atoms with Gasteiger partial charge in [0.1, 0.15) is 18.3 Å². The predicted octanol–water partition coefficient (Wildman–Crippen LogP) is 0.250. The molecule has 0 aromatic carbocycles. The van der Waals surface area contributed by atoms with Crippen molar-refractivity contribution in [3.8, 4) is 0 Å². The lowest BCUT2D eigenvalue weighted by atomic mass is 10.1. The zero-order chi connectivity index (χ0) is 22.4. The molecule has 2 fully saturated rings. The van der Waals surface area contributed by atoms with Crippen LogP contribution >= 0.6 is 0 Å². The minimum Gasteiger partial charge on any atom is -0.394 e. The lowest BCUT2D eigenvalue weighted by Crippen LogP contribution is -2.41. The van der Waals surface area contributed by atoms with E-state index in [4.69, 9.17) is 14.2 Å². The first-order chi connectivity index (χ1) is 13.8. The Hall–Kier alpha value is -1.85. The number of hydrogen-bond acceptors (Lipinski definition) is 8. The largest absolute Gasteiger partial charge is 0.394 e. The van der Waals surface area contributed by atoms with Gasteiger partial charge in [0.2, 0.25) is 0 Å². The quantitative estimate of drug-likeness (QED) is 0.622. The van der Waals surface area contributed by atoms with Gasteiger partial charge in [0, 0.05) is 24.7 Å². The topological polar surface area (TPSA) is 123 Å². The lowest BCUT2D eigenvalue weighted by Gasteiger charge is -2.31. The van der Waals surface area contributed by atoms with E-state index >= 15 is 0 Å². The van der Waals surface area contributed by atoms with E-state index in [1.807, 2.05) is 32.7 Å². The number of H-pyrrole nitrogens is 1. The fourth-order valence-corrected chi connectivity index (χ4v) is 3.64. The van der Waals surface area contributed by atoms with Gasteiger partial charge in [-0.3, -0.25) is 19.1 Å². The number of aromatic nitrogens is 2. The van der Waals surface area contributed by atoms with Gasteiger partial charge in [-0.05, 0) is 41.7 Å². The van der Waals surface area contributed by atoms with Crippen molar-refractivity contribution in [1.82, 2.24) is 14.5 Å². The molecule has 0 saturated carbocycles. The molecule has 2 unspecified atom stereocenters. The maximum absolute atomic E-state index is 12.7. The van der Waals surface area contributed by atoms with Gasteiger partial charge >= 0.3 is 5.69 Å². The smallest absolute Gasteiger partial charge is 0.330 e. The molecule has 2 aliphatic heterocycles. The molecule has 3 heterocycles.